The van der Waals surface area contributed by atoms with Crippen LogP contribution in [0.4, 0.5) is 0 Å². The summed E-state index contributed by atoms with van der Waals surface area (Å²) >= 11 is 3.21. The molecule has 96 valence electrons. The van der Waals surface area contributed by atoms with Gasteiger partial charge in [0.25, 0.3) is 0 Å². The van der Waals surface area contributed by atoms with Crippen LogP contribution in [0.15, 0.2) is 17.5 Å². The smallest absolute Gasteiger partial charge is 0.316 e. The van der Waals surface area contributed by atoms with E-state index < -0.39 is 5.60 Å². The Morgan fingerprint density at radius 2 is 2.29 bits per heavy atom. The molecule has 0 radical (unpaired) electrons. The highest BCUT2D eigenvalue weighted by Crippen LogP contribution is 2.31. The zero-order chi connectivity index (χ0) is 12.9. The summed E-state index contributed by atoms with van der Waals surface area (Å²) in [7, 11) is 0. The van der Waals surface area contributed by atoms with Crippen LogP contribution in [0.3, 0.4) is 0 Å². The quantitative estimate of drug-likeness (QED) is 0.838. The normalized spacial score (nSPS) is 13.4. The zero-order valence-electron chi connectivity index (χ0n) is 10.4. The van der Waals surface area contributed by atoms with Crippen molar-refractivity contribution in [2.24, 2.45) is 5.73 Å². The number of rotatable bonds is 5. The van der Waals surface area contributed by atoms with Gasteiger partial charge in [-0.2, -0.15) is 0 Å². The highest BCUT2D eigenvalue weighted by molar-refractivity contribution is 8.00. The van der Waals surface area contributed by atoms with Crippen molar-refractivity contribution in [2.45, 2.75) is 31.6 Å². The topological polar surface area (TPSA) is 52.3 Å². The molecule has 0 saturated carbocycles. The number of thioether (sulfide) groups is 1. The fraction of sp³-hybridized carbons (Fsp3) is 0.583. The minimum Gasteiger partial charge on any atom is -0.459 e. The molecular formula is C12H19NO2S2. The van der Waals surface area contributed by atoms with E-state index in [1.807, 2.05) is 38.3 Å². The van der Waals surface area contributed by atoms with Crippen LogP contribution in [0.2, 0.25) is 0 Å². The summed E-state index contributed by atoms with van der Waals surface area (Å²) in [4.78, 5) is 12.8. The van der Waals surface area contributed by atoms with Crippen molar-refractivity contribution in [1.29, 1.82) is 0 Å². The second-order valence-electron chi connectivity index (χ2n) is 4.64. The summed E-state index contributed by atoms with van der Waals surface area (Å²) in [5, 5.41) is 2.20. The molecule has 1 aromatic rings. The molecule has 1 heterocycles. The van der Waals surface area contributed by atoms with Gasteiger partial charge in [-0.3, -0.25) is 4.79 Å². The van der Waals surface area contributed by atoms with Gasteiger partial charge >= 0.3 is 5.97 Å². The van der Waals surface area contributed by atoms with Crippen molar-refractivity contribution < 1.29 is 9.53 Å². The lowest BCUT2D eigenvalue weighted by Crippen LogP contribution is -2.25. The van der Waals surface area contributed by atoms with E-state index in [0.717, 1.165) is 0 Å². The summed E-state index contributed by atoms with van der Waals surface area (Å²) in [5.41, 5.74) is 5.29. The molecular weight excluding hydrogens is 254 g/mol. The van der Waals surface area contributed by atoms with E-state index in [4.69, 9.17) is 10.5 Å². The Morgan fingerprint density at radius 1 is 1.59 bits per heavy atom. The third kappa shape index (κ3) is 5.57. The Balaban J connectivity index is 2.41. The monoisotopic (exact) mass is 273 g/mol. The molecule has 0 aliphatic carbocycles. The van der Waals surface area contributed by atoms with E-state index in [9.17, 15) is 4.79 Å². The maximum atomic E-state index is 11.6. The first-order valence-corrected chi connectivity index (χ1v) is 7.42. The molecule has 0 aliphatic heterocycles. The Kier molecular flexibility index (Phi) is 5.49. The van der Waals surface area contributed by atoms with Crippen molar-refractivity contribution in [3.05, 3.63) is 22.4 Å². The molecule has 0 amide bonds. The number of hydrogen-bond acceptors (Lipinski definition) is 5. The van der Waals surface area contributed by atoms with Crippen LogP contribution in [0.1, 0.15) is 30.9 Å². The molecule has 17 heavy (non-hydrogen) atoms. The number of thiophene rings is 1. The highest BCUT2D eigenvalue weighted by Gasteiger charge is 2.18. The third-order valence-electron chi connectivity index (χ3n) is 1.90. The lowest BCUT2D eigenvalue weighted by atomic mass is 10.2. The molecule has 0 saturated heterocycles. The lowest BCUT2D eigenvalue weighted by molar-refractivity contribution is -0.151. The molecule has 0 fully saturated rings. The third-order valence-corrected chi connectivity index (χ3v) is 4.28. The van der Waals surface area contributed by atoms with E-state index in [1.165, 1.54) is 16.6 Å². The van der Waals surface area contributed by atoms with Gasteiger partial charge < -0.3 is 10.5 Å². The average Bonchev–Trinajstić information content (AvgIpc) is 2.69. The van der Waals surface area contributed by atoms with Crippen LogP contribution in [0.5, 0.6) is 0 Å². The maximum Gasteiger partial charge on any atom is 0.316 e. The van der Waals surface area contributed by atoms with Gasteiger partial charge in [0, 0.05) is 11.4 Å². The van der Waals surface area contributed by atoms with Crippen molar-refractivity contribution in [2.75, 3.05) is 12.3 Å². The largest absolute Gasteiger partial charge is 0.459 e. The first kappa shape index (κ1) is 14.5. The molecule has 3 nitrogen and oxygen atoms in total. The fourth-order valence-electron chi connectivity index (χ4n) is 1.28. The summed E-state index contributed by atoms with van der Waals surface area (Å²) in [5.74, 6) is 0.161. The van der Waals surface area contributed by atoms with Crippen LogP contribution in [-0.4, -0.2) is 23.9 Å². The van der Waals surface area contributed by atoms with Crippen LogP contribution in [0, 0.1) is 0 Å². The van der Waals surface area contributed by atoms with E-state index in [1.54, 1.807) is 11.3 Å². The molecule has 1 rings (SSSR count). The Labute approximate surface area is 111 Å². The molecule has 5 heteroatoms. The van der Waals surface area contributed by atoms with Crippen LogP contribution >= 0.6 is 23.1 Å². The summed E-state index contributed by atoms with van der Waals surface area (Å²) < 4.78 is 5.25. The van der Waals surface area contributed by atoms with Gasteiger partial charge in [0.2, 0.25) is 0 Å². The van der Waals surface area contributed by atoms with Crippen molar-refractivity contribution >= 4 is 29.1 Å². The van der Waals surface area contributed by atoms with Crippen LogP contribution in [0.25, 0.3) is 0 Å². The van der Waals surface area contributed by atoms with Crippen molar-refractivity contribution in [3.8, 4) is 0 Å². The van der Waals surface area contributed by atoms with E-state index in [-0.39, 0.29) is 11.2 Å². The van der Waals surface area contributed by atoms with Crippen LogP contribution in [-0.2, 0) is 9.53 Å². The van der Waals surface area contributed by atoms with Gasteiger partial charge in [0.05, 0.1) is 11.0 Å². The number of hydrogen-bond donors (Lipinski definition) is 1. The predicted molar refractivity (Wildman–Crippen MR) is 74.4 cm³/mol. The Bertz CT molecular complexity index is 344. The first-order valence-electron chi connectivity index (χ1n) is 5.49. The van der Waals surface area contributed by atoms with E-state index in [0.29, 0.717) is 12.3 Å². The van der Waals surface area contributed by atoms with Crippen molar-refractivity contribution in [1.82, 2.24) is 0 Å². The van der Waals surface area contributed by atoms with Gasteiger partial charge in [0.1, 0.15) is 5.60 Å². The molecule has 1 unspecified atom stereocenters. The minimum atomic E-state index is -0.418. The van der Waals surface area contributed by atoms with E-state index >= 15 is 0 Å². The maximum absolute atomic E-state index is 11.6. The van der Waals surface area contributed by atoms with Crippen LogP contribution < -0.4 is 5.73 Å². The molecule has 2 N–H and O–H groups in total. The molecule has 0 aliphatic rings. The number of esters is 1. The Morgan fingerprint density at radius 3 is 2.76 bits per heavy atom. The number of ether oxygens (including phenoxy) is 1. The second-order valence-corrected chi connectivity index (χ2v) is 6.81. The number of carbonyl (C=O) groups is 1. The molecule has 1 atom stereocenters. The first-order chi connectivity index (χ1) is 7.92. The van der Waals surface area contributed by atoms with Gasteiger partial charge in [-0.1, -0.05) is 6.07 Å². The molecule has 0 spiro atoms. The zero-order valence-corrected chi connectivity index (χ0v) is 12.1. The predicted octanol–water partition coefficient (Wildman–Crippen LogP) is 2.82. The minimum absolute atomic E-state index is 0.183. The molecule has 1 aromatic heterocycles. The summed E-state index contributed by atoms with van der Waals surface area (Å²) in [6.45, 7) is 6.15. The molecule has 0 aromatic carbocycles. The number of carbonyl (C=O) groups excluding carboxylic acids is 1. The van der Waals surface area contributed by atoms with Gasteiger partial charge in [0.15, 0.2) is 0 Å². The van der Waals surface area contributed by atoms with Gasteiger partial charge in [-0.05, 0) is 32.2 Å². The van der Waals surface area contributed by atoms with Gasteiger partial charge in [-0.15, -0.1) is 23.1 Å². The standard InChI is InChI=1S/C12H19NO2S2/c1-12(2,3)15-11(14)8-17-10(7-13)9-5-4-6-16-9/h4-6,10H,7-8,13H2,1-3H3. The Hall–Kier alpha value is -0.520. The van der Waals surface area contributed by atoms with E-state index in [2.05, 4.69) is 0 Å². The number of nitrogens with two attached hydrogens (primary N) is 1. The fourth-order valence-corrected chi connectivity index (χ4v) is 3.15. The average molecular weight is 273 g/mol. The van der Waals surface area contributed by atoms with Gasteiger partial charge in [-0.25, -0.2) is 0 Å². The SMILES string of the molecule is CC(C)(C)OC(=O)CSC(CN)c1cccs1. The second kappa shape index (κ2) is 6.42. The summed E-state index contributed by atoms with van der Waals surface area (Å²) in [6, 6.07) is 4.04. The lowest BCUT2D eigenvalue weighted by Gasteiger charge is -2.20. The van der Waals surface area contributed by atoms with Crippen molar-refractivity contribution in [3.63, 3.8) is 0 Å². The highest BCUT2D eigenvalue weighted by atomic mass is 32.2. The molecule has 0 bridgehead atoms. The summed E-state index contributed by atoms with van der Waals surface area (Å²) in [6.07, 6.45) is 0.